The fourth-order valence-electron chi connectivity index (χ4n) is 0.537. The molecule has 0 aromatic carbocycles. The predicted octanol–water partition coefficient (Wildman–Crippen LogP) is 0.499. The van der Waals surface area contributed by atoms with E-state index in [1.165, 1.54) is 0 Å². The van der Waals surface area contributed by atoms with Crippen molar-refractivity contribution < 1.29 is 50.5 Å². The Hall–Kier alpha value is -1.88. The van der Waals surface area contributed by atoms with Gasteiger partial charge >= 0.3 is 0 Å². The van der Waals surface area contributed by atoms with E-state index in [2.05, 4.69) is 0 Å². The SMILES string of the molecule is C=O.C=O.C=O.C=O.C=O.COCc1ccco1.[Cr]. The van der Waals surface area contributed by atoms with E-state index in [9.17, 15) is 0 Å². The summed E-state index contributed by atoms with van der Waals surface area (Å²) >= 11 is 0. The maximum Gasteiger partial charge on any atom is 0.129 e. The summed E-state index contributed by atoms with van der Waals surface area (Å²) in [5, 5.41) is 0. The van der Waals surface area contributed by atoms with Crippen LogP contribution < -0.4 is 0 Å². The van der Waals surface area contributed by atoms with Gasteiger partial charge in [0.2, 0.25) is 0 Å². The van der Waals surface area contributed by atoms with Crippen molar-refractivity contribution in [3.8, 4) is 0 Å². The Balaban J connectivity index is -0.0000000332. The van der Waals surface area contributed by atoms with Gasteiger partial charge in [0.1, 0.15) is 46.3 Å². The van der Waals surface area contributed by atoms with Crippen molar-refractivity contribution in [2.24, 2.45) is 0 Å². The molecule has 0 saturated carbocycles. The van der Waals surface area contributed by atoms with Crippen molar-refractivity contribution in [2.75, 3.05) is 7.11 Å². The Morgan fingerprint density at radius 3 is 1.53 bits per heavy atom. The number of hydrogen-bond donors (Lipinski definition) is 0. The molecular formula is C11H18CrO7. The summed E-state index contributed by atoms with van der Waals surface area (Å²) in [6, 6.07) is 3.72. The van der Waals surface area contributed by atoms with Crippen molar-refractivity contribution in [1.29, 1.82) is 0 Å². The van der Waals surface area contributed by atoms with Crippen molar-refractivity contribution >= 4 is 33.9 Å². The zero-order valence-electron chi connectivity index (χ0n) is 10.7. The third kappa shape index (κ3) is 48.7. The molecule has 1 aromatic rings. The average Bonchev–Trinajstić information content (AvgIpc) is 3.03. The van der Waals surface area contributed by atoms with Gasteiger partial charge in [-0.2, -0.15) is 0 Å². The van der Waals surface area contributed by atoms with E-state index in [1.54, 1.807) is 13.4 Å². The van der Waals surface area contributed by atoms with E-state index in [0.29, 0.717) is 6.61 Å². The molecule has 1 heterocycles. The van der Waals surface area contributed by atoms with Crippen LogP contribution in [0.2, 0.25) is 0 Å². The zero-order chi connectivity index (χ0) is 15.8. The van der Waals surface area contributed by atoms with Gasteiger partial charge in [0, 0.05) is 24.5 Å². The minimum Gasteiger partial charge on any atom is -0.467 e. The molecule has 1 aromatic heterocycles. The van der Waals surface area contributed by atoms with Crippen molar-refractivity contribution in [2.45, 2.75) is 6.61 Å². The standard InChI is InChI=1S/C6H8O2.5CH2O.Cr/c1-7-5-6-3-2-4-8-6;5*1-2;/h2-4H,5H2,1H3;5*1H2;. The number of rotatable bonds is 2. The van der Waals surface area contributed by atoms with Crippen LogP contribution >= 0.6 is 0 Å². The summed E-state index contributed by atoms with van der Waals surface area (Å²) in [6.45, 7) is 10.6. The number of methoxy groups -OCH3 is 1. The van der Waals surface area contributed by atoms with Crippen molar-refractivity contribution in [3.63, 3.8) is 0 Å². The summed E-state index contributed by atoms with van der Waals surface area (Å²) in [5.41, 5.74) is 0. The maximum atomic E-state index is 8.00. The van der Waals surface area contributed by atoms with Gasteiger partial charge in [0.05, 0.1) is 6.26 Å². The normalized spacial score (nSPS) is 5.11. The van der Waals surface area contributed by atoms with Crippen LogP contribution in [0.3, 0.4) is 0 Å². The molecule has 7 nitrogen and oxygen atoms in total. The zero-order valence-corrected chi connectivity index (χ0v) is 12.0. The third-order valence-corrected chi connectivity index (χ3v) is 0.867. The summed E-state index contributed by atoms with van der Waals surface area (Å²) in [7, 11) is 1.64. The summed E-state index contributed by atoms with van der Waals surface area (Å²) in [4.78, 5) is 40.0. The number of hydrogen-bond acceptors (Lipinski definition) is 7. The molecule has 0 aliphatic carbocycles. The van der Waals surface area contributed by atoms with Gasteiger partial charge in [0.25, 0.3) is 0 Å². The van der Waals surface area contributed by atoms with Gasteiger partial charge in [-0.1, -0.05) is 0 Å². The summed E-state index contributed by atoms with van der Waals surface area (Å²) in [5.74, 6) is 0.868. The van der Waals surface area contributed by atoms with Gasteiger partial charge in [-0.3, -0.25) is 0 Å². The Morgan fingerprint density at radius 1 is 0.947 bits per heavy atom. The Morgan fingerprint density at radius 2 is 1.32 bits per heavy atom. The molecule has 110 valence electrons. The molecule has 1 rings (SSSR count). The van der Waals surface area contributed by atoms with Gasteiger partial charge in [-0.25, -0.2) is 0 Å². The smallest absolute Gasteiger partial charge is 0.129 e. The predicted molar refractivity (Wildman–Crippen MR) is 65.0 cm³/mol. The Bertz CT molecular complexity index is 195. The van der Waals surface area contributed by atoms with Gasteiger partial charge in [0.15, 0.2) is 0 Å². The maximum absolute atomic E-state index is 8.00. The van der Waals surface area contributed by atoms with Crippen LogP contribution in [-0.4, -0.2) is 41.1 Å². The van der Waals surface area contributed by atoms with Gasteiger partial charge in [-0.15, -0.1) is 0 Å². The first kappa shape index (κ1) is 36.0. The number of ether oxygens (including phenoxy) is 1. The second kappa shape index (κ2) is 72.7. The van der Waals surface area contributed by atoms with E-state index in [-0.39, 0.29) is 17.4 Å². The molecule has 0 unspecified atom stereocenters. The second-order valence-electron chi connectivity index (χ2n) is 1.51. The van der Waals surface area contributed by atoms with E-state index >= 15 is 0 Å². The Kier molecular flexibility index (Phi) is 138. The van der Waals surface area contributed by atoms with Crippen LogP contribution in [0.4, 0.5) is 0 Å². The van der Waals surface area contributed by atoms with Crippen LogP contribution in [0.15, 0.2) is 22.8 Å². The van der Waals surface area contributed by atoms with Crippen LogP contribution in [-0.2, 0) is 52.7 Å². The van der Waals surface area contributed by atoms with Crippen LogP contribution in [0.5, 0.6) is 0 Å². The first-order valence-electron chi connectivity index (χ1n) is 3.89. The fourth-order valence-corrected chi connectivity index (χ4v) is 0.537. The van der Waals surface area contributed by atoms with Gasteiger partial charge in [-0.05, 0) is 12.1 Å². The molecule has 0 aliphatic rings. The summed E-state index contributed by atoms with van der Waals surface area (Å²) in [6.07, 6.45) is 1.63. The molecule has 0 atom stereocenters. The molecule has 0 N–H and O–H groups in total. The molecule has 0 amide bonds. The fraction of sp³-hybridized carbons (Fsp3) is 0.182. The third-order valence-electron chi connectivity index (χ3n) is 0.867. The number of carbonyl (C=O) groups excluding carboxylic acids is 5. The van der Waals surface area contributed by atoms with Crippen molar-refractivity contribution in [3.05, 3.63) is 24.2 Å². The molecule has 0 bridgehead atoms. The number of furan rings is 1. The van der Waals surface area contributed by atoms with E-state index in [4.69, 9.17) is 33.1 Å². The summed E-state index contributed by atoms with van der Waals surface area (Å²) < 4.78 is 9.74. The molecule has 0 saturated heterocycles. The quantitative estimate of drug-likeness (QED) is 0.782. The minimum atomic E-state index is 0. The van der Waals surface area contributed by atoms with Crippen molar-refractivity contribution in [1.82, 2.24) is 0 Å². The average molecular weight is 314 g/mol. The number of carbonyl (C=O) groups is 5. The monoisotopic (exact) mass is 314 g/mol. The molecule has 0 radical (unpaired) electrons. The molecule has 0 fully saturated rings. The van der Waals surface area contributed by atoms with Gasteiger partial charge < -0.3 is 33.1 Å². The molecule has 0 spiro atoms. The van der Waals surface area contributed by atoms with Crippen LogP contribution in [0, 0.1) is 0 Å². The first-order chi connectivity index (χ1) is 8.93. The van der Waals surface area contributed by atoms with E-state index < -0.39 is 0 Å². The Labute approximate surface area is 123 Å². The van der Waals surface area contributed by atoms with Crippen LogP contribution in [0.1, 0.15) is 5.76 Å². The van der Waals surface area contributed by atoms with E-state index in [0.717, 1.165) is 5.76 Å². The molecule has 19 heavy (non-hydrogen) atoms. The molecular weight excluding hydrogens is 296 g/mol. The molecule has 8 heteroatoms. The second-order valence-corrected chi connectivity index (χ2v) is 1.51. The van der Waals surface area contributed by atoms with Crippen LogP contribution in [0.25, 0.3) is 0 Å². The topological polar surface area (TPSA) is 108 Å². The van der Waals surface area contributed by atoms with E-state index in [1.807, 2.05) is 46.1 Å². The largest absolute Gasteiger partial charge is 0.467 e. The minimum absolute atomic E-state index is 0. The first-order valence-corrected chi connectivity index (χ1v) is 3.89. The molecule has 0 aliphatic heterocycles.